The first kappa shape index (κ1) is 21.5. The predicted molar refractivity (Wildman–Crippen MR) is 117 cm³/mol. The Hall–Kier alpha value is -3.18. The van der Waals surface area contributed by atoms with Crippen LogP contribution in [-0.4, -0.2) is 29.3 Å². The predicted octanol–water partition coefficient (Wildman–Crippen LogP) is 2.48. The topological polar surface area (TPSA) is 145 Å². The number of hydrogen-bond acceptors (Lipinski definition) is 6. The number of aliphatic imine (C=N–C) groups is 2. The third-order valence-corrected chi connectivity index (χ3v) is 5.82. The molecule has 0 saturated heterocycles. The average molecular weight is 443 g/mol. The van der Waals surface area contributed by atoms with Crippen molar-refractivity contribution in [3.05, 3.63) is 83.9 Å². The molecule has 30 heavy (non-hydrogen) atoms. The Bertz CT molecular complexity index is 1240. The summed E-state index contributed by atoms with van der Waals surface area (Å²) in [6, 6.07) is 19.2. The van der Waals surface area contributed by atoms with Gasteiger partial charge >= 0.3 is 0 Å². The van der Waals surface area contributed by atoms with Crippen LogP contribution in [0.1, 0.15) is 11.1 Å². The number of hydrogen-bond donors (Lipinski definition) is 2. The lowest BCUT2D eigenvalue weighted by Crippen LogP contribution is -2.11. The summed E-state index contributed by atoms with van der Waals surface area (Å²) in [5.41, 5.74) is 2.30. The maximum absolute atomic E-state index is 11.5. The first-order valence-corrected chi connectivity index (χ1v) is 11.7. The van der Waals surface area contributed by atoms with E-state index in [9.17, 15) is 16.8 Å². The van der Waals surface area contributed by atoms with Crippen LogP contribution in [0.3, 0.4) is 0 Å². The molecule has 0 aliphatic rings. The lowest BCUT2D eigenvalue weighted by Gasteiger charge is -2.02. The molecule has 0 heterocycles. The van der Waals surface area contributed by atoms with E-state index in [1.54, 1.807) is 36.7 Å². The molecule has 0 atom stereocenters. The van der Waals surface area contributed by atoms with Crippen molar-refractivity contribution < 1.29 is 16.8 Å². The van der Waals surface area contributed by atoms with Gasteiger partial charge < -0.3 is 0 Å². The molecule has 3 aromatic carbocycles. The molecule has 0 fully saturated rings. The number of nitrogens with two attached hydrogens (primary N) is 2. The monoisotopic (exact) mass is 442 g/mol. The Morgan fingerprint density at radius 1 is 0.600 bits per heavy atom. The molecule has 0 amide bonds. The third kappa shape index (κ3) is 5.67. The second kappa shape index (κ2) is 8.67. The minimum atomic E-state index is -3.82. The van der Waals surface area contributed by atoms with E-state index < -0.39 is 20.0 Å². The van der Waals surface area contributed by atoms with Crippen LogP contribution >= 0.6 is 0 Å². The van der Waals surface area contributed by atoms with Crippen LogP contribution in [0.25, 0.3) is 0 Å². The fourth-order valence-electron chi connectivity index (χ4n) is 2.52. The maximum atomic E-state index is 11.5. The van der Waals surface area contributed by atoms with Gasteiger partial charge in [0.15, 0.2) is 0 Å². The molecule has 4 N–H and O–H groups in total. The highest BCUT2D eigenvalue weighted by molar-refractivity contribution is 7.89. The van der Waals surface area contributed by atoms with Crippen LogP contribution in [-0.2, 0) is 20.0 Å². The van der Waals surface area contributed by atoms with Gasteiger partial charge in [-0.25, -0.2) is 27.1 Å². The number of rotatable bonds is 6. The summed E-state index contributed by atoms with van der Waals surface area (Å²) >= 11 is 0. The number of benzene rings is 3. The van der Waals surface area contributed by atoms with Crippen molar-refractivity contribution in [3.8, 4) is 0 Å². The standard InChI is InChI=1S/C20H18N4O4S2/c21-29(25,26)19-9-3-7-17(11-19)23-13-15-5-1-2-6-16(15)14-24-18-8-4-10-20(12-18)30(22,27)28/h1-14H,(H2,21,25,26)(H2,22,27,28). The van der Waals surface area contributed by atoms with E-state index in [1.807, 2.05) is 24.3 Å². The summed E-state index contributed by atoms with van der Waals surface area (Å²) in [5.74, 6) is 0. The average Bonchev–Trinajstić information content (AvgIpc) is 2.70. The Morgan fingerprint density at radius 3 is 1.37 bits per heavy atom. The third-order valence-electron chi connectivity index (χ3n) is 3.99. The fourth-order valence-corrected chi connectivity index (χ4v) is 3.62. The van der Waals surface area contributed by atoms with Crippen LogP contribution < -0.4 is 10.3 Å². The molecule has 0 aromatic heterocycles. The summed E-state index contributed by atoms with van der Waals surface area (Å²) in [6.45, 7) is 0. The van der Waals surface area contributed by atoms with E-state index in [-0.39, 0.29) is 9.79 Å². The quantitative estimate of drug-likeness (QED) is 0.565. The summed E-state index contributed by atoms with van der Waals surface area (Å²) in [5, 5.41) is 10.3. The van der Waals surface area contributed by atoms with E-state index in [4.69, 9.17) is 10.3 Å². The summed E-state index contributed by atoms with van der Waals surface area (Å²) < 4.78 is 45.9. The normalized spacial score (nSPS) is 12.6. The van der Waals surface area contributed by atoms with Crippen LogP contribution in [0.5, 0.6) is 0 Å². The van der Waals surface area contributed by atoms with Gasteiger partial charge in [-0.15, -0.1) is 0 Å². The Kier molecular flexibility index (Phi) is 6.22. The van der Waals surface area contributed by atoms with Crippen molar-refractivity contribution in [1.29, 1.82) is 0 Å². The van der Waals surface area contributed by atoms with Crippen molar-refractivity contribution in [2.45, 2.75) is 9.79 Å². The minimum Gasteiger partial charge on any atom is -0.256 e. The Morgan fingerprint density at radius 2 is 1.00 bits per heavy atom. The molecule has 0 radical (unpaired) electrons. The second-order valence-electron chi connectivity index (χ2n) is 6.23. The SMILES string of the molecule is NS(=O)(=O)c1cccc(N=Cc2ccccc2C=Nc2cccc(S(N)(=O)=O)c2)c1. The Labute approximate surface area is 174 Å². The molecule has 154 valence electrons. The molecule has 0 unspecified atom stereocenters. The van der Waals surface area contributed by atoms with Gasteiger partial charge in [-0.05, 0) is 36.4 Å². The van der Waals surface area contributed by atoms with Gasteiger partial charge in [0.05, 0.1) is 21.2 Å². The van der Waals surface area contributed by atoms with Gasteiger partial charge in [0.2, 0.25) is 20.0 Å². The van der Waals surface area contributed by atoms with Gasteiger partial charge in [0.1, 0.15) is 0 Å². The van der Waals surface area contributed by atoms with Gasteiger partial charge in [-0.3, -0.25) is 9.98 Å². The van der Waals surface area contributed by atoms with E-state index in [1.165, 1.54) is 24.3 Å². The molecule has 0 spiro atoms. The fraction of sp³-hybridized carbons (Fsp3) is 0. The lowest BCUT2D eigenvalue weighted by molar-refractivity contribution is 0.596. The van der Waals surface area contributed by atoms with Gasteiger partial charge in [-0.1, -0.05) is 36.4 Å². The van der Waals surface area contributed by atoms with Crippen molar-refractivity contribution in [1.82, 2.24) is 0 Å². The molecule has 0 aliphatic carbocycles. The highest BCUT2D eigenvalue weighted by Gasteiger charge is 2.08. The van der Waals surface area contributed by atoms with Crippen LogP contribution in [0, 0.1) is 0 Å². The first-order valence-electron chi connectivity index (χ1n) is 8.56. The molecule has 3 rings (SSSR count). The van der Waals surface area contributed by atoms with Gasteiger partial charge in [0.25, 0.3) is 0 Å². The van der Waals surface area contributed by atoms with Crippen molar-refractivity contribution >= 4 is 43.9 Å². The summed E-state index contributed by atoms with van der Waals surface area (Å²) in [4.78, 5) is 8.57. The van der Waals surface area contributed by atoms with Gasteiger partial charge in [-0.2, -0.15) is 0 Å². The van der Waals surface area contributed by atoms with E-state index in [0.29, 0.717) is 11.4 Å². The summed E-state index contributed by atoms with van der Waals surface area (Å²) in [7, 11) is -7.63. The molecule has 8 nitrogen and oxygen atoms in total. The van der Waals surface area contributed by atoms with Crippen LogP contribution in [0.2, 0.25) is 0 Å². The maximum Gasteiger partial charge on any atom is 0.238 e. The number of primary sulfonamides is 2. The lowest BCUT2D eigenvalue weighted by atomic mass is 10.1. The largest absolute Gasteiger partial charge is 0.256 e. The zero-order chi connectivity index (χ0) is 21.8. The van der Waals surface area contributed by atoms with Crippen LogP contribution in [0.15, 0.2) is 92.6 Å². The van der Waals surface area contributed by atoms with E-state index in [2.05, 4.69) is 9.98 Å². The van der Waals surface area contributed by atoms with E-state index in [0.717, 1.165) is 11.1 Å². The molecule has 0 aliphatic heterocycles. The molecule has 10 heteroatoms. The molecule has 0 bridgehead atoms. The zero-order valence-corrected chi connectivity index (χ0v) is 17.2. The van der Waals surface area contributed by atoms with Crippen molar-refractivity contribution in [2.75, 3.05) is 0 Å². The highest BCUT2D eigenvalue weighted by Crippen LogP contribution is 2.19. The molecular formula is C20H18N4O4S2. The first-order chi connectivity index (χ1) is 14.1. The van der Waals surface area contributed by atoms with E-state index >= 15 is 0 Å². The Balaban J connectivity index is 1.89. The summed E-state index contributed by atoms with van der Waals surface area (Å²) in [6.07, 6.45) is 3.15. The van der Waals surface area contributed by atoms with Crippen LogP contribution in [0.4, 0.5) is 11.4 Å². The minimum absolute atomic E-state index is 0.0262. The molecule has 0 saturated carbocycles. The molecular weight excluding hydrogens is 424 g/mol. The van der Waals surface area contributed by atoms with Crippen molar-refractivity contribution in [2.24, 2.45) is 20.3 Å². The number of sulfonamides is 2. The smallest absolute Gasteiger partial charge is 0.238 e. The zero-order valence-electron chi connectivity index (χ0n) is 15.6. The molecule has 3 aromatic rings. The highest BCUT2D eigenvalue weighted by atomic mass is 32.2. The number of nitrogens with zero attached hydrogens (tertiary/aromatic N) is 2. The van der Waals surface area contributed by atoms with Gasteiger partial charge in [0, 0.05) is 23.6 Å². The second-order valence-corrected chi connectivity index (χ2v) is 9.35. The van der Waals surface area contributed by atoms with Crippen molar-refractivity contribution in [3.63, 3.8) is 0 Å².